The van der Waals surface area contributed by atoms with Gasteiger partial charge in [-0.1, -0.05) is 36.4 Å². The maximum Gasteiger partial charge on any atom is 0.191 e. The van der Waals surface area contributed by atoms with Gasteiger partial charge in [0.15, 0.2) is 5.96 Å². The minimum atomic E-state index is 0.653. The maximum absolute atomic E-state index is 5.48. The normalized spacial score (nSPS) is 15.2. The van der Waals surface area contributed by atoms with E-state index in [1.54, 1.807) is 14.2 Å². The lowest BCUT2D eigenvalue weighted by atomic mass is 10.1. The van der Waals surface area contributed by atoms with Gasteiger partial charge in [-0.2, -0.15) is 0 Å². The minimum absolute atomic E-state index is 0.653. The van der Waals surface area contributed by atoms with Gasteiger partial charge in [0.2, 0.25) is 0 Å². The van der Waals surface area contributed by atoms with E-state index >= 15 is 0 Å². The molecule has 0 aliphatic carbocycles. The van der Waals surface area contributed by atoms with Crippen LogP contribution < -0.4 is 15.4 Å². The lowest BCUT2D eigenvalue weighted by Gasteiger charge is -2.26. The first-order valence-electron chi connectivity index (χ1n) is 10.1. The highest BCUT2D eigenvalue weighted by Gasteiger charge is 2.11. The van der Waals surface area contributed by atoms with Crippen molar-refractivity contribution in [3.05, 3.63) is 64.7 Å². The Morgan fingerprint density at radius 2 is 1.83 bits per heavy atom. The molecule has 2 N–H and O–H groups in total. The number of hydrogen-bond donors (Lipinski definition) is 2. The Balaban J connectivity index is 1.52. The van der Waals surface area contributed by atoms with Gasteiger partial charge < -0.3 is 20.1 Å². The second-order valence-corrected chi connectivity index (χ2v) is 7.30. The number of benzene rings is 2. The average molecular weight is 397 g/mol. The van der Waals surface area contributed by atoms with Gasteiger partial charge >= 0.3 is 0 Å². The zero-order chi connectivity index (χ0) is 20.5. The second kappa shape index (κ2) is 10.8. The Bertz CT molecular complexity index is 816. The molecule has 1 saturated heterocycles. The van der Waals surface area contributed by atoms with E-state index in [0.29, 0.717) is 6.54 Å². The van der Waals surface area contributed by atoms with Gasteiger partial charge in [-0.25, -0.2) is 0 Å². The number of guanidine groups is 1. The molecule has 6 heteroatoms. The fraction of sp³-hybridized carbons (Fsp3) is 0.435. The van der Waals surface area contributed by atoms with Crippen molar-refractivity contribution in [3.8, 4) is 5.75 Å². The van der Waals surface area contributed by atoms with Gasteiger partial charge in [-0.05, 0) is 29.7 Å². The summed E-state index contributed by atoms with van der Waals surface area (Å²) >= 11 is 0. The van der Waals surface area contributed by atoms with Crippen LogP contribution in [0.4, 0.5) is 0 Å². The van der Waals surface area contributed by atoms with Crippen LogP contribution in [-0.2, 0) is 24.4 Å². The van der Waals surface area contributed by atoms with E-state index in [1.165, 1.54) is 16.7 Å². The van der Waals surface area contributed by atoms with Gasteiger partial charge in [0.25, 0.3) is 0 Å². The van der Waals surface area contributed by atoms with Gasteiger partial charge in [-0.15, -0.1) is 0 Å². The Morgan fingerprint density at radius 1 is 1.07 bits per heavy atom. The summed E-state index contributed by atoms with van der Waals surface area (Å²) in [6.07, 6.45) is 0. The number of hydrogen-bond acceptors (Lipinski definition) is 4. The van der Waals surface area contributed by atoms with Crippen molar-refractivity contribution in [2.75, 3.05) is 40.5 Å². The van der Waals surface area contributed by atoms with Crippen molar-refractivity contribution >= 4 is 5.96 Å². The van der Waals surface area contributed by atoms with Gasteiger partial charge in [-0.3, -0.25) is 9.89 Å². The molecule has 3 rings (SSSR count). The van der Waals surface area contributed by atoms with Gasteiger partial charge in [0.1, 0.15) is 5.75 Å². The van der Waals surface area contributed by atoms with E-state index in [-0.39, 0.29) is 0 Å². The zero-order valence-electron chi connectivity index (χ0n) is 17.7. The third-order valence-corrected chi connectivity index (χ3v) is 5.07. The van der Waals surface area contributed by atoms with Crippen LogP contribution in [0.25, 0.3) is 0 Å². The molecule has 0 spiro atoms. The van der Waals surface area contributed by atoms with Crippen molar-refractivity contribution < 1.29 is 9.47 Å². The van der Waals surface area contributed by atoms with Crippen LogP contribution in [0.3, 0.4) is 0 Å². The molecule has 0 aromatic heterocycles. The molecule has 156 valence electrons. The topological polar surface area (TPSA) is 58.1 Å². The molecule has 29 heavy (non-hydrogen) atoms. The first-order chi connectivity index (χ1) is 14.2. The summed E-state index contributed by atoms with van der Waals surface area (Å²) < 4.78 is 10.9. The van der Waals surface area contributed by atoms with Crippen LogP contribution in [0.1, 0.15) is 22.3 Å². The maximum atomic E-state index is 5.48. The molecule has 0 amide bonds. The molecule has 1 fully saturated rings. The van der Waals surface area contributed by atoms with Crippen molar-refractivity contribution in [1.29, 1.82) is 0 Å². The first kappa shape index (κ1) is 21.1. The SMILES string of the molecule is CN=C(NCc1cccc(CN2CCOCC2)c1)NCc1ccc(C)cc1OC. The Labute approximate surface area is 173 Å². The van der Waals surface area contributed by atoms with E-state index in [0.717, 1.165) is 56.7 Å². The Hall–Kier alpha value is -2.57. The molecule has 1 aliphatic rings. The van der Waals surface area contributed by atoms with Crippen LogP contribution in [0.2, 0.25) is 0 Å². The van der Waals surface area contributed by atoms with Crippen LogP contribution in [0, 0.1) is 6.92 Å². The summed E-state index contributed by atoms with van der Waals surface area (Å²) in [6, 6.07) is 15.0. The number of rotatable bonds is 7. The van der Waals surface area contributed by atoms with E-state index in [2.05, 4.69) is 63.8 Å². The number of aliphatic imine (C=N–C) groups is 1. The molecule has 1 heterocycles. The minimum Gasteiger partial charge on any atom is -0.496 e. The van der Waals surface area contributed by atoms with Crippen LogP contribution in [0.15, 0.2) is 47.5 Å². The molecule has 6 nitrogen and oxygen atoms in total. The molecule has 0 unspecified atom stereocenters. The molecule has 1 aliphatic heterocycles. The van der Waals surface area contributed by atoms with E-state index in [4.69, 9.17) is 9.47 Å². The largest absolute Gasteiger partial charge is 0.496 e. The molecule has 0 bridgehead atoms. The van der Waals surface area contributed by atoms with Crippen LogP contribution in [0.5, 0.6) is 5.75 Å². The molecule has 2 aromatic rings. The highest BCUT2D eigenvalue weighted by atomic mass is 16.5. The molecular formula is C23H32N4O2. The summed E-state index contributed by atoms with van der Waals surface area (Å²) in [5.41, 5.74) is 4.86. The molecule has 0 atom stereocenters. The summed E-state index contributed by atoms with van der Waals surface area (Å²) in [5, 5.41) is 6.77. The standard InChI is InChI=1S/C23H32N4O2/c1-18-7-8-21(22(13-18)28-3)16-26-23(24-2)25-15-19-5-4-6-20(14-19)17-27-9-11-29-12-10-27/h4-8,13-14H,9-12,15-17H2,1-3H3,(H2,24,25,26). The molecule has 0 saturated carbocycles. The summed E-state index contributed by atoms with van der Waals surface area (Å²) in [6.45, 7) is 8.07. The Kier molecular flexibility index (Phi) is 7.90. The molecule has 0 radical (unpaired) electrons. The lowest BCUT2D eigenvalue weighted by molar-refractivity contribution is 0.0342. The van der Waals surface area contributed by atoms with Crippen molar-refractivity contribution in [1.82, 2.24) is 15.5 Å². The summed E-state index contributed by atoms with van der Waals surface area (Å²) in [7, 11) is 3.49. The third-order valence-electron chi connectivity index (χ3n) is 5.07. The van der Waals surface area contributed by atoms with E-state index in [9.17, 15) is 0 Å². The Morgan fingerprint density at radius 3 is 2.59 bits per heavy atom. The van der Waals surface area contributed by atoms with Gasteiger partial charge in [0.05, 0.1) is 20.3 Å². The predicted octanol–water partition coefficient (Wildman–Crippen LogP) is 2.70. The van der Waals surface area contributed by atoms with Crippen molar-refractivity contribution in [3.63, 3.8) is 0 Å². The fourth-order valence-electron chi connectivity index (χ4n) is 3.44. The first-order valence-corrected chi connectivity index (χ1v) is 10.1. The van der Waals surface area contributed by atoms with E-state index < -0.39 is 0 Å². The number of ether oxygens (including phenoxy) is 2. The quantitative estimate of drug-likeness (QED) is 0.557. The lowest BCUT2D eigenvalue weighted by Crippen LogP contribution is -2.36. The highest BCUT2D eigenvalue weighted by molar-refractivity contribution is 5.79. The number of aryl methyl sites for hydroxylation is 1. The second-order valence-electron chi connectivity index (χ2n) is 7.30. The summed E-state index contributed by atoms with van der Waals surface area (Å²) in [5.74, 6) is 1.66. The molecule has 2 aromatic carbocycles. The number of methoxy groups -OCH3 is 1. The zero-order valence-corrected chi connectivity index (χ0v) is 17.7. The summed E-state index contributed by atoms with van der Waals surface area (Å²) in [4.78, 5) is 6.77. The number of nitrogens with one attached hydrogen (secondary N) is 2. The van der Waals surface area contributed by atoms with Gasteiger partial charge in [0, 0.05) is 45.3 Å². The van der Waals surface area contributed by atoms with Crippen molar-refractivity contribution in [2.24, 2.45) is 4.99 Å². The molecular weight excluding hydrogens is 364 g/mol. The highest BCUT2D eigenvalue weighted by Crippen LogP contribution is 2.19. The van der Waals surface area contributed by atoms with E-state index in [1.807, 2.05) is 6.07 Å². The van der Waals surface area contributed by atoms with Crippen LogP contribution >= 0.6 is 0 Å². The van der Waals surface area contributed by atoms with Crippen LogP contribution in [-0.4, -0.2) is 51.3 Å². The number of nitrogens with zero attached hydrogens (tertiary/aromatic N) is 2. The monoisotopic (exact) mass is 396 g/mol. The fourth-order valence-corrected chi connectivity index (χ4v) is 3.44. The smallest absolute Gasteiger partial charge is 0.191 e. The average Bonchev–Trinajstić information content (AvgIpc) is 2.75. The number of morpholine rings is 1. The predicted molar refractivity (Wildman–Crippen MR) is 117 cm³/mol. The van der Waals surface area contributed by atoms with Crippen molar-refractivity contribution in [2.45, 2.75) is 26.6 Å². The third kappa shape index (κ3) is 6.48.